The third kappa shape index (κ3) is 4.16. The first kappa shape index (κ1) is 17.0. The Kier molecular flexibility index (Phi) is 5.54. The zero-order valence-corrected chi connectivity index (χ0v) is 14.7. The SMILES string of the molecule is C[C@H]([NH2+]CC(=O)N[C@@H]1CCCc2ccccc21)c1cccc(Cl)c1. The van der Waals surface area contributed by atoms with Crippen molar-refractivity contribution in [2.45, 2.75) is 38.3 Å². The Hall–Kier alpha value is -1.84. The second-order valence-corrected chi connectivity index (χ2v) is 6.93. The van der Waals surface area contributed by atoms with E-state index in [4.69, 9.17) is 11.6 Å². The molecule has 0 aromatic heterocycles. The summed E-state index contributed by atoms with van der Waals surface area (Å²) in [7, 11) is 0. The third-order valence-electron chi connectivity index (χ3n) is 4.74. The van der Waals surface area contributed by atoms with Gasteiger partial charge in [-0.1, -0.05) is 48.0 Å². The molecule has 3 nitrogen and oxygen atoms in total. The molecule has 0 radical (unpaired) electrons. The third-order valence-corrected chi connectivity index (χ3v) is 4.97. The van der Waals surface area contributed by atoms with Gasteiger partial charge in [0.2, 0.25) is 0 Å². The summed E-state index contributed by atoms with van der Waals surface area (Å²) in [6.45, 7) is 2.52. The number of aryl methyl sites for hydroxylation is 1. The van der Waals surface area contributed by atoms with Gasteiger partial charge in [-0.25, -0.2) is 0 Å². The summed E-state index contributed by atoms with van der Waals surface area (Å²) in [6.07, 6.45) is 3.26. The quantitative estimate of drug-likeness (QED) is 0.860. The van der Waals surface area contributed by atoms with Crippen LogP contribution in [0.2, 0.25) is 5.02 Å². The van der Waals surface area contributed by atoms with Gasteiger partial charge in [0.1, 0.15) is 6.04 Å². The monoisotopic (exact) mass is 343 g/mol. The average Bonchev–Trinajstić information content (AvgIpc) is 2.60. The van der Waals surface area contributed by atoms with Crippen LogP contribution in [0.25, 0.3) is 0 Å². The van der Waals surface area contributed by atoms with E-state index in [2.05, 4.69) is 41.8 Å². The number of carbonyl (C=O) groups is 1. The summed E-state index contributed by atoms with van der Waals surface area (Å²) in [5.74, 6) is 0.0885. The second-order valence-electron chi connectivity index (χ2n) is 6.49. The summed E-state index contributed by atoms with van der Waals surface area (Å²) < 4.78 is 0. The van der Waals surface area contributed by atoms with Crippen molar-refractivity contribution in [1.29, 1.82) is 0 Å². The van der Waals surface area contributed by atoms with Gasteiger partial charge < -0.3 is 10.6 Å². The van der Waals surface area contributed by atoms with E-state index in [0.717, 1.165) is 29.8 Å². The molecule has 24 heavy (non-hydrogen) atoms. The Bertz CT molecular complexity index is 716. The van der Waals surface area contributed by atoms with E-state index >= 15 is 0 Å². The lowest BCUT2D eigenvalue weighted by Gasteiger charge is -2.26. The zero-order chi connectivity index (χ0) is 16.9. The molecular weight excluding hydrogens is 320 g/mol. The molecule has 0 bridgehead atoms. The Morgan fingerprint density at radius 3 is 2.96 bits per heavy atom. The number of quaternary nitrogens is 1. The van der Waals surface area contributed by atoms with E-state index in [9.17, 15) is 4.79 Å². The predicted molar refractivity (Wildman–Crippen MR) is 96.9 cm³/mol. The van der Waals surface area contributed by atoms with E-state index in [1.165, 1.54) is 11.1 Å². The number of nitrogens with two attached hydrogens (primary N) is 1. The minimum absolute atomic E-state index is 0.0885. The number of fused-ring (bicyclic) bond motifs is 1. The molecule has 3 N–H and O–H groups in total. The Morgan fingerprint density at radius 2 is 2.12 bits per heavy atom. The van der Waals surface area contributed by atoms with Crippen LogP contribution in [0, 0.1) is 0 Å². The first-order valence-electron chi connectivity index (χ1n) is 8.59. The lowest BCUT2D eigenvalue weighted by molar-refractivity contribution is -0.682. The molecule has 3 rings (SSSR count). The van der Waals surface area contributed by atoms with Crippen molar-refractivity contribution in [3.63, 3.8) is 0 Å². The molecule has 0 heterocycles. The van der Waals surface area contributed by atoms with Crippen molar-refractivity contribution in [3.05, 3.63) is 70.2 Å². The number of nitrogens with one attached hydrogen (secondary N) is 1. The molecule has 2 aromatic carbocycles. The van der Waals surface area contributed by atoms with E-state index in [1.54, 1.807) is 0 Å². The molecule has 0 saturated carbocycles. The zero-order valence-electron chi connectivity index (χ0n) is 14.0. The van der Waals surface area contributed by atoms with Crippen LogP contribution in [0.1, 0.15) is 48.5 Å². The van der Waals surface area contributed by atoms with Gasteiger partial charge in [0.05, 0.1) is 6.04 Å². The first-order valence-corrected chi connectivity index (χ1v) is 8.97. The maximum atomic E-state index is 12.4. The topological polar surface area (TPSA) is 45.7 Å². The van der Waals surface area contributed by atoms with Crippen LogP contribution in [0.15, 0.2) is 48.5 Å². The summed E-state index contributed by atoms with van der Waals surface area (Å²) in [6, 6.07) is 16.6. The number of amides is 1. The highest BCUT2D eigenvalue weighted by Gasteiger charge is 2.22. The maximum Gasteiger partial charge on any atom is 0.275 e. The number of rotatable bonds is 5. The molecule has 1 aliphatic carbocycles. The van der Waals surface area contributed by atoms with Crippen molar-refractivity contribution in [3.8, 4) is 0 Å². The fourth-order valence-corrected chi connectivity index (χ4v) is 3.57. The molecular formula is C20H24ClN2O+. The lowest BCUT2D eigenvalue weighted by Crippen LogP contribution is -2.87. The fourth-order valence-electron chi connectivity index (χ4n) is 3.37. The minimum Gasteiger partial charge on any atom is -0.344 e. The first-order chi connectivity index (χ1) is 11.6. The van der Waals surface area contributed by atoms with Gasteiger partial charge >= 0.3 is 0 Å². The van der Waals surface area contributed by atoms with E-state index in [-0.39, 0.29) is 18.0 Å². The molecule has 4 heteroatoms. The van der Waals surface area contributed by atoms with Gasteiger partial charge in [0, 0.05) is 10.6 Å². The van der Waals surface area contributed by atoms with Crippen LogP contribution in [0.4, 0.5) is 0 Å². The van der Waals surface area contributed by atoms with Gasteiger partial charge in [0.25, 0.3) is 5.91 Å². The van der Waals surface area contributed by atoms with Crippen molar-refractivity contribution in [2.24, 2.45) is 0 Å². The summed E-state index contributed by atoms with van der Waals surface area (Å²) >= 11 is 6.04. The van der Waals surface area contributed by atoms with Gasteiger partial charge in [0.15, 0.2) is 6.54 Å². The highest BCUT2D eigenvalue weighted by atomic mass is 35.5. The molecule has 0 aliphatic heterocycles. The van der Waals surface area contributed by atoms with Crippen LogP contribution in [-0.4, -0.2) is 12.5 Å². The van der Waals surface area contributed by atoms with Crippen molar-refractivity contribution in [2.75, 3.05) is 6.54 Å². The maximum absolute atomic E-state index is 12.4. The van der Waals surface area contributed by atoms with Gasteiger partial charge in [-0.2, -0.15) is 0 Å². The molecule has 1 aliphatic rings. The van der Waals surface area contributed by atoms with Crippen molar-refractivity contribution >= 4 is 17.5 Å². The molecule has 126 valence electrons. The highest BCUT2D eigenvalue weighted by molar-refractivity contribution is 6.30. The number of hydrogen-bond acceptors (Lipinski definition) is 1. The second kappa shape index (κ2) is 7.82. The Labute approximate surface area is 148 Å². The number of carbonyl (C=O) groups excluding carboxylic acids is 1. The number of hydrogen-bond donors (Lipinski definition) is 2. The number of halogens is 1. The fraction of sp³-hybridized carbons (Fsp3) is 0.350. The molecule has 0 unspecified atom stereocenters. The number of benzene rings is 2. The largest absolute Gasteiger partial charge is 0.344 e. The molecule has 2 atom stereocenters. The van der Waals surface area contributed by atoms with Crippen molar-refractivity contribution < 1.29 is 10.1 Å². The van der Waals surface area contributed by atoms with Crippen LogP contribution in [0.3, 0.4) is 0 Å². The smallest absolute Gasteiger partial charge is 0.275 e. The van der Waals surface area contributed by atoms with Crippen LogP contribution in [-0.2, 0) is 11.2 Å². The average molecular weight is 344 g/mol. The van der Waals surface area contributed by atoms with Gasteiger partial charge in [-0.05, 0) is 49.4 Å². The van der Waals surface area contributed by atoms with Crippen LogP contribution >= 0.6 is 11.6 Å². The van der Waals surface area contributed by atoms with Gasteiger partial charge in [-0.15, -0.1) is 0 Å². The highest BCUT2D eigenvalue weighted by Crippen LogP contribution is 2.29. The van der Waals surface area contributed by atoms with Gasteiger partial charge in [-0.3, -0.25) is 4.79 Å². The van der Waals surface area contributed by atoms with E-state index in [1.807, 2.05) is 24.3 Å². The summed E-state index contributed by atoms with van der Waals surface area (Å²) in [4.78, 5) is 12.4. The van der Waals surface area contributed by atoms with E-state index < -0.39 is 0 Å². The van der Waals surface area contributed by atoms with Crippen LogP contribution in [0.5, 0.6) is 0 Å². The lowest BCUT2D eigenvalue weighted by atomic mass is 9.88. The predicted octanol–water partition coefficient (Wildman–Crippen LogP) is 3.16. The molecule has 0 fully saturated rings. The van der Waals surface area contributed by atoms with Crippen molar-refractivity contribution in [1.82, 2.24) is 5.32 Å². The van der Waals surface area contributed by atoms with E-state index in [0.29, 0.717) is 6.54 Å². The summed E-state index contributed by atoms with van der Waals surface area (Å²) in [5.41, 5.74) is 3.78. The van der Waals surface area contributed by atoms with Crippen LogP contribution < -0.4 is 10.6 Å². The Morgan fingerprint density at radius 1 is 1.29 bits per heavy atom. The Balaban J connectivity index is 1.55. The summed E-state index contributed by atoms with van der Waals surface area (Å²) in [5, 5.41) is 5.98. The minimum atomic E-state index is 0.0885. The molecule has 2 aromatic rings. The molecule has 0 saturated heterocycles. The standard InChI is InChI=1S/C20H23ClN2O/c1-14(16-8-4-9-17(21)12-16)22-13-20(24)23-19-11-5-7-15-6-2-3-10-18(15)19/h2-4,6,8-10,12,14,19,22H,5,7,11,13H2,1H3,(H,23,24)/p+1/t14-,19+/m0/s1. The molecule has 1 amide bonds. The normalized spacial score (nSPS) is 17.8. The molecule has 0 spiro atoms.